The van der Waals surface area contributed by atoms with Gasteiger partial charge in [-0.3, -0.25) is 14.4 Å². The Hall–Kier alpha value is -3.42. The van der Waals surface area contributed by atoms with Crippen LogP contribution in [0.25, 0.3) is 10.9 Å². The molecule has 1 heterocycles. The van der Waals surface area contributed by atoms with E-state index in [-0.39, 0.29) is 25.5 Å². The number of rotatable bonds is 14. The minimum atomic E-state index is -1.17. The number of H-pyrrole nitrogens is 1. The number of hydrogen-bond donors (Lipinski definition) is 4. The molecule has 3 aromatic rings. The SMILES string of the molecule is COc1cc(C=O)cc(I)c1OC1C=C(C(=O)NCCO)CC(N(CCc2cc3ccccc3[nH]2)C(=O)CCC2CCCC2)C1O. The third-order valence-corrected chi connectivity index (χ3v) is 9.83. The van der Waals surface area contributed by atoms with Gasteiger partial charge in [-0.1, -0.05) is 43.9 Å². The summed E-state index contributed by atoms with van der Waals surface area (Å²) in [5, 5.41) is 25.0. The lowest BCUT2D eigenvalue weighted by atomic mass is 9.87. The van der Waals surface area contributed by atoms with Crippen LogP contribution in [-0.2, 0) is 16.0 Å². The molecule has 0 spiro atoms. The highest BCUT2D eigenvalue weighted by Crippen LogP contribution is 2.37. The third kappa shape index (κ3) is 8.10. The average Bonchev–Trinajstić information content (AvgIpc) is 3.74. The zero-order valence-electron chi connectivity index (χ0n) is 26.0. The smallest absolute Gasteiger partial charge is 0.247 e. The molecule has 5 rings (SSSR count). The van der Waals surface area contributed by atoms with E-state index in [2.05, 4.69) is 16.4 Å². The maximum atomic E-state index is 14.0. The van der Waals surface area contributed by atoms with Crippen molar-refractivity contribution in [1.29, 1.82) is 0 Å². The first-order valence-electron chi connectivity index (χ1n) is 15.9. The number of para-hydroxylation sites is 1. The lowest BCUT2D eigenvalue weighted by molar-refractivity contribution is -0.138. The van der Waals surface area contributed by atoms with Gasteiger partial charge in [-0.15, -0.1) is 0 Å². The molecule has 1 saturated carbocycles. The number of ether oxygens (including phenoxy) is 2. The number of aliphatic hydroxyl groups excluding tert-OH is 2. The van der Waals surface area contributed by atoms with Gasteiger partial charge in [0.2, 0.25) is 11.8 Å². The number of aldehydes is 1. The molecule has 46 heavy (non-hydrogen) atoms. The van der Waals surface area contributed by atoms with Gasteiger partial charge in [-0.25, -0.2) is 0 Å². The zero-order valence-corrected chi connectivity index (χ0v) is 28.2. The molecule has 0 aliphatic heterocycles. The normalized spacial score (nSPS) is 19.9. The molecule has 1 aromatic heterocycles. The van der Waals surface area contributed by atoms with Crippen LogP contribution < -0.4 is 14.8 Å². The highest BCUT2D eigenvalue weighted by molar-refractivity contribution is 14.1. The van der Waals surface area contributed by atoms with Crippen molar-refractivity contribution in [3.8, 4) is 11.5 Å². The van der Waals surface area contributed by atoms with Gasteiger partial charge in [0.15, 0.2) is 11.5 Å². The highest BCUT2D eigenvalue weighted by Gasteiger charge is 2.41. The number of aromatic nitrogens is 1. The molecule has 3 atom stereocenters. The Morgan fingerprint density at radius 1 is 1.17 bits per heavy atom. The number of halogens is 1. The number of methoxy groups -OCH3 is 1. The van der Waals surface area contributed by atoms with Crippen molar-refractivity contribution in [3.05, 3.63) is 68.9 Å². The fourth-order valence-electron chi connectivity index (χ4n) is 6.59. The predicted molar refractivity (Wildman–Crippen MR) is 183 cm³/mol. The average molecular weight is 744 g/mol. The number of aliphatic hydroxyl groups is 2. The lowest BCUT2D eigenvalue weighted by Crippen LogP contribution is -2.55. The van der Waals surface area contributed by atoms with Crippen LogP contribution in [0, 0.1) is 9.49 Å². The number of aromatic amines is 1. The van der Waals surface area contributed by atoms with Crippen LogP contribution in [-0.4, -0.2) is 83.3 Å². The summed E-state index contributed by atoms with van der Waals surface area (Å²) in [6.07, 6.45) is 6.58. The predicted octanol–water partition coefficient (Wildman–Crippen LogP) is 4.55. The molecule has 2 aliphatic rings. The van der Waals surface area contributed by atoms with Crippen LogP contribution in [0.15, 0.2) is 54.1 Å². The number of benzene rings is 2. The summed E-state index contributed by atoms with van der Waals surface area (Å²) in [6, 6.07) is 12.5. The Morgan fingerprint density at radius 2 is 1.96 bits per heavy atom. The first-order chi connectivity index (χ1) is 22.3. The maximum Gasteiger partial charge on any atom is 0.247 e. The standard InChI is InChI=1S/C35H42IN3O7/c1-45-31-17-23(21-41)16-27(36)34(31)46-30-20-25(35(44)37-13-15-40)19-29(33(30)43)39(32(42)11-10-22-6-2-3-7-22)14-12-26-18-24-8-4-5-9-28(24)38-26/h4-5,8-9,16-18,20-22,29-30,33,38,40,43H,2-3,6-7,10-15,19H2,1H3,(H,37,44). The topological polar surface area (TPSA) is 141 Å². The largest absolute Gasteiger partial charge is 0.493 e. The quantitative estimate of drug-likeness (QED) is 0.140. The van der Waals surface area contributed by atoms with Gasteiger partial charge in [0.25, 0.3) is 0 Å². The highest BCUT2D eigenvalue weighted by atomic mass is 127. The summed E-state index contributed by atoms with van der Waals surface area (Å²) in [5.74, 6) is 0.695. The second kappa shape index (κ2) is 15.9. The molecule has 11 heteroatoms. The molecule has 2 amide bonds. The fraction of sp³-hybridized carbons (Fsp3) is 0.457. The maximum absolute atomic E-state index is 14.0. The Balaban J connectivity index is 1.45. The summed E-state index contributed by atoms with van der Waals surface area (Å²) < 4.78 is 12.5. The van der Waals surface area contributed by atoms with Crippen LogP contribution in [0.5, 0.6) is 11.5 Å². The van der Waals surface area contributed by atoms with Gasteiger partial charge in [0, 0.05) is 54.7 Å². The summed E-state index contributed by atoms with van der Waals surface area (Å²) >= 11 is 2.04. The number of carbonyl (C=O) groups excluding carboxylic acids is 3. The first-order valence-corrected chi connectivity index (χ1v) is 17.0. The van der Waals surface area contributed by atoms with Crippen LogP contribution in [0.1, 0.15) is 61.0 Å². The molecule has 10 nitrogen and oxygen atoms in total. The summed E-state index contributed by atoms with van der Waals surface area (Å²) in [7, 11) is 1.46. The molecule has 3 unspecified atom stereocenters. The molecule has 4 N–H and O–H groups in total. The second-order valence-electron chi connectivity index (χ2n) is 12.1. The Bertz CT molecular complexity index is 1530. The van der Waals surface area contributed by atoms with Gasteiger partial charge in [-0.05, 0) is 70.7 Å². The van der Waals surface area contributed by atoms with Crippen molar-refractivity contribution < 1.29 is 34.1 Å². The first kappa shape index (κ1) is 33.9. The number of carbonyl (C=O) groups is 3. The molecule has 0 bridgehead atoms. The van der Waals surface area contributed by atoms with Gasteiger partial charge >= 0.3 is 0 Å². The summed E-state index contributed by atoms with van der Waals surface area (Å²) in [5.41, 5.74) is 2.74. The van der Waals surface area contributed by atoms with Crippen molar-refractivity contribution in [2.75, 3.05) is 26.8 Å². The molecule has 1 fully saturated rings. The zero-order chi connectivity index (χ0) is 32.6. The molecule has 2 aromatic carbocycles. The van der Waals surface area contributed by atoms with E-state index >= 15 is 0 Å². The van der Waals surface area contributed by atoms with Crippen molar-refractivity contribution in [2.24, 2.45) is 5.92 Å². The number of hydrogen-bond acceptors (Lipinski definition) is 7. The summed E-state index contributed by atoms with van der Waals surface area (Å²) in [6.45, 7) is 0.184. The van der Waals surface area contributed by atoms with E-state index in [1.165, 1.54) is 20.0 Å². The van der Waals surface area contributed by atoms with Crippen molar-refractivity contribution in [1.82, 2.24) is 15.2 Å². The molecular weight excluding hydrogens is 701 g/mol. The molecule has 246 valence electrons. The van der Waals surface area contributed by atoms with E-state index in [4.69, 9.17) is 9.47 Å². The van der Waals surface area contributed by atoms with E-state index in [1.54, 1.807) is 23.1 Å². The Labute approximate surface area is 282 Å². The van der Waals surface area contributed by atoms with E-state index < -0.39 is 24.2 Å². The molecule has 2 aliphatic carbocycles. The third-order valence-electron chi connectivity index (χ3n) is 9.03. The van der Waals surface area contributed by atoms with Crippen molar-refractivity contribution >= 4 is 51.6 Å². The van der Waals surface area contributed by atoms with E-state index in [0.717, 1.165) is 35.9 Å². The van der Waals surface area contributed by atoms with Crippen molar-refractivity contribution in [2.45, 2.75) is 69.6 Å². The number of nitrogens with zero attached hydrogens (tertiary/aromatic N) is 1. The van der Waals surface area contributed by atoms with E-state index in [0.29, 0.717) is 57.8 Å². The number of nitrogens with one attached hydrogen (secondary N) is 2. The van der Waals surface area contributed by atoms with Gasteiger partial charge in [0.1, 0.15) is 18.5 Å². The van der Waals surface area contributed by atoms with Crippen LogP contribution in [0.2, 0.25) is 0 Å². The minimum Gasteiger partial charge on any atom is -0.493 e. The van der Waals surface area contributed by atoms with Crippen LogP contribution >= 0.6 is 22.6 Å². The second-order valence-corrected chi connectivity index (χ2v) is 13.2. The number of fused-ring (bicyclic) bond motifs is 1. The van der Waals surface area contributed by atoms with E-state index in [9.17, 15) is 24.6 Å². The van der Waals surface area contributed by atoms with Gasteiger partial charge < -0.3 is 34.9 Å². The minimum absolute atomic E-state index is 0.0645. The Kier molecular flexibility index (Phi) is 11.7. The van der Waals surface area contributed by atoms with E-state index in [1.807, 2.05) is 46.9 Å². The molecule has 0 radical (unpaired) electrons. The Morgan fingerprint density at radius 3 is 2.67 bits per heavy atom. The van der Waals surface area contributed by atoms with Crippen molar-refractivity contribution in [3.63, 3.8) is 0 Å². The van der Waals surface area contributed by atoms with Crippen LogP contribution in [0.4, 0.5) is 0 Å². The molecule has 0 saturated heterocycles. The molecular formula is C35H42IN3O7. The van der Waals surface area contributed by atoms with Gasteiger partial charge in [0.05, 0.1) is 23.3 Å². The monoisotopic (exact) mass is 743 g/mol. The number of amides is 2. The fourth-order valence-corrected chi connectivity index (χ4v) is 7.35. The summed E-state index contributed by atoms with van der Waals surface area (Å²) in [4.78, 5) is 43.9. The van der Waals surface area contributed by atoms with Crippen LogP contribution in [0.3, 0.4) is 0 Å². The lowest BCUT2D eigenvalue weighted by Gasteiger charge is -2.41. The van der Waals surface area contributed by atoms with Gasteiger partial charge in [-0.2, -0.15) is 0 Å².